The summed E-state index contributed by atoms with van der Waals surface area (Å²) in [5.74, 6) is -0.375. The van der Waals surface area contributed by atoms with Crippen molar-refractivity contribution in [3.05, 3.63) is 81.9 Å². The Hall–Kier alpha value is -3.52. The Morgan fingerprint density at radius 1 is 1.09 bits per heavy atom. The number of thiazole rings is 1. The Kier molecular flexibility index (Phi) is 6.63. The molecular formula is C27H28N4O3S. The minimum absolute atomic E-state index is 0.0155. The molecule has 0 saturated heterocycles. The first-order valence-electron chi connectivity index (χ1n) is 11.9. The second kappa shape index (κ2) is 10.00. The van der Waals surface area contributed by atoms with Gasteiger partial charge in [0.15, 0.2) is 5.13 Å². The monoisotopic (exact) mass is 488 g/mol. The molecule has 0 bridgehead atoms. The Morgan fingerprint density at radius 3 is 2.57 bits per heavy atom. The Balaban J connectivity index is 1.16. The maximum absolute atomic E-state index is 13.0. The number of amides is 3. The van der Waals surface area contributed by atoms with Gasteiger partial charge in [0.2, 0.25) is 11.8 Å². The van der Waals surface area contributed by atoms with E-state index in [-0.39, 0.29) is 36.7 Å². The lowest BCUT2D eigenvalue weighted by molar-refractivity contribution is -0.131. The van der Waals surface area contributed by atoms with Crippen LogP contribution in [0.4, 0.5) is 5.13 Å². The number of hydrogen-bond acceptors (Lipinski definition) is 5. The molecule has 35 heavy (non-hydrogen) atoms. The van der Waals surface area contributed by atoms with E-state index < -0.39 is 0 Å². The Labute approximate surface area is 208 Å². The second-order valence-electron chi connectivity index (χ2n) is 9.23. The van der Waals surface area contributed by atoms with Gasteiger partial charge in [0, 0.05) is 30.1 Å². The Bertz CT molecular complexity index is 1250. The van der Waals surface area contributed by atoms with E-state index in [2.05, 4.69) is 22.4 Å². The lowest BCUT2D eigenvalue weighted by atomic mass is 10.00. The van der Waals surface area contributed by atoms with Crippen LogP contribution in [-0.2, 0) is 29.0 Å². The number of aromatic nitrogens is 1. The third kappa shape index (κ3) is 5.59. The molecule has 1 fully saturated rings. The highest BCUT2D eigenvalue weighted by molar-refractivity contribution is 7.13. The Morgan fingerprint density at radius 2 is 1.83 bits per heavy atom. The number of rotatable bonds is 7. The van der Waals surface area contributed by atoms with Gasteiger partial charge in [0.1, 0.15) is 6.54 Å². The fraction of sp³-hybridized carbons (Fsp3) is 0.333. The van der Waals surface area contributed by atoms with Gasteiger partial charge >= 0.3 is 0 Å². The number of fused-ring (bicyclic) bond motifs is 1. The molecule has 1 N–H and O–H groups in total. The standard InChI is InChI=1S/C27H28N4O3S/c1-18-6-8-20(9-7-18)26(34)31(23-10-11-23)16-24(32)29-27-28-22(17-35-27)14-25(33)30-13-12-19-4-2-3-5-21(19)15-30/h2-9,17,23H,10-16H2,1H3,(H,28,29,32). The number of benzene rings is 2. The number of nitrogens with zero attached hydrogens (tertiary/aromatic N) is 3. The molecule has 1 aromatic heterocycles. The number of aryl methyl sites for hydroxylation is 1. The minimum Gasteiger partial charge on any atom is -0.338 e. The number of carbonyl (C=O) groups is 3. The van der Waals surface area contributed by atoms with Crippen LogP contribution in [0.2, 0.25) is 0 Å². The maximum Gasteiger partial charge on any atom is 0.254 e. The van der Waals surface area contributed by atoms with Crippen molar-refractivity contribution in [3.8, 4) is 0 Å². The van der Waals surface area contributed by atoms with E-state index in [0.717, 1.165) is 24.8 Å². The molecule has 1 aliphatic carbocycles. The lowest BCUT2D eigenvalue weighted by Gasteiger charge is -2.28. The first kappa shape index (κ1) is 23.2. The van der Waals surface area contributed by atoms with E-state index in [1.165, 1.54) is 22.5 Å². The largest absolute Gasteiger partial charge is 0.338 e. The molecule has 0 spiro atoms. The van der Waals surface area contributed by atoms with E-state index in [0.29, 0.717) is 29.5 Å². The summed E-state index contributed by atoms with van der Waals surface area (Å²) < 4.78 is 0. The molecular weight excluding hydrogens is 460 g/mol. The van der Waals surface area contributed by atoms with Gasteiger partial charge in [-0.15, -0.1) is 11.3 Å². The average molecular weight is 489 g/mol. The summed E-state index contributed by atoms with van der Waals surface area (Å²) in [5.41, 5.74) is 4.81. The minimum atomic E-state index is -0.280. The van der Waals surface area contributed by atoms with Crippen LogP contribution >= 0.6 is 11.3 Å². The van der Waals surface area contributed by atoms with Gasteiger partial charge in [-0.3, -0.25) is 14.4 Å². The van der Waals surface area contributed by atoms with Gasteiger partial charge in [0.25, 0.3) is 5.91 Å². The molecule has 1 saturated carbocycles. The zero-order chi connectivity index (χ0) is 24.4. The van der Waals surface area contributed by atoms with E-state index in [1.807, 2.05) is 41.5 Å². The van der Waals surface area contributed by atoms with Crippen LogP contribution in [0, 0.1) is 6.92 Å². The summed E-state index contributed by atoms with van der Waals surface area (Å²) in [6, 6.07) is 15.7. The molecule has 0 radical (unpaired) electrons. The molecule has 0 unspecified atom stereocenters. The van der Waals surface area contributed by atoms with Crippen LogP contribution in [-0.4, -0.2) is 51.6 Å². The molecule has 0 atom stereocenters. The normalized spacial score (nSPS) is 14.8. The van der Waals surface area contributed by atoms with E-state index >= 15 is 0 Å². The van der Waals surface area contributed by atoms with Crippen LogP contribution in [0.25, 0.3) is 0 Å². The average Bonchev–Trinajstić information content (AvgIpc) is 3.62. The van der Waals surface area contributed by atoms with Crippen molar-refractivity contribution in [2.24, 2.45) is 0 Å². The van der Waals surface area contributed by atoms with Crippen molar-refractivity contribution in [1.29, 1.82) is 0 Å². The van der Waals surface area contributed by atoms with Crippen LogP contribution in [0.3, 0.4) is 0 Å². The fourth-order valence-corrected chi connectivity index (χ4v) is 5.08. The van der Waals surface area contributed by atoms with Gasteiger partial charge in [-0.2, -0.15) is 0 Å². The number of anilines is 1. The van der Waals surface area contributed by atoms with E-state index in [9.17, 15) is 14.4 Å². The van der Waals surface area contributed by atoms with Crippen molar-refractivity contribution in [1.82, 2.24) is 14.8 Å². The van der Waals surface area contributed by atoms with Crippen molar-refractivity contribution in [2.45, 2.75) is 45.2 Å². The van der Waals surface area contributed by atoms with Crippen molar-refractivity contribution in [2.75, 3.05) is 18.4 Å². The summed E-state index contributed by atoms with van der Waals surface area (Å²) in [4.78, 5) is 46.5. The summed E-state index contributed by atoms with van der Waals surface area (Å²) >= 11 is 1.30. The smallest absolute Gasteiger partial charge is 0.254 e. The van der Waals surface area contributed by atoms with Crippen LogP contribution in [0.5, 0.6) is 0 Å². The summed E-state index contributed by atoms with van der Waals surface area (Å²) in [7, 11) is 0. The third-order valence-corrected chi connectivity index (χ3v) is 7.28. The highest BCUT2D eigenvalue weighted by atomic mass is 32.1. The van der Waals surface area contributed by atoms with E-state index in [4.69, 9.17) is 0 Å². The predicted octanol–water partition coefficient (Wildman–Crippen LogP) is 3.82. The van der Waals surface area contributed by atoms with Crippen molar-refractivity contribution >= 4 is 34.2 Å². The van der Waals surface area contributed by atoms with E-state index in [1.54, 1.807) is 17.0 Å². The molecule has 1 aliphatic heterocycles. The zero-order valence-electron chi connectivity index (χ0n) is 19.7. The highest BCUT2D eigenvalue weighted by Gasteiger charge is 2.34. The van der Waals surface area contributed by atoms with Gasteiger partial charge in [0.05, 0.1) is 12.1 Å². The molecule has 2 aromatic carbocycles. The molecule has 2 aliphatic rings. The number of hydrogen-bond donors (Lipinski definition) is 1. The van der Waals surface area contributed by atoms with Crippen LogP contribution in [0.1, 0.15) is 45.6 Å². The second-order valence-corrected chi connectivity index (χ2v) is 10.1. The first-order valence-corrected chi connectivity index (χ1v) is 12.8. The fourth-order valence-electron chi connectivity index (χ4n) is 4.35. The molecule has 3 amide bonds. The third-order valence-electron chi connectivity index (χ3n) is 6.47. The van der Waals surface area contributed by atoms with Gasteiger partial charge in [-0.05, 0) is 49.4 Å². The van der Waals surface area contributed by atoms with Gasteiger partial charge in [-0.25, -0.2) is 4.98 Å². The quantitative estimate of drug-likeness (QED) is 0.548. The lowest BCUT2D eigenvalue weighted by Crippen LogP contribution is -2.39. The predicted molar refractivity (Wildman–Crippen MR) is 135 cm³/mol. The zero-order valence-corrected chi connectivity index (χ0v) is 20.5. The molecule has 3 aromatic rings. The number of carbonyl (C=O) groups excluding carboxylic acids is 3. The topological polar surface area (TPSA) is 82.6 Å². The molecule has 2 heterocycles. The van der Waals surface area contributed by atoms with Crippen LogP contribution in [0.15, 0.2) is 53.9 Å². The summed E-state index contributed by atoms with van der Waals surface area (Å²) in [6.45, 7) is 3.28. The first-order chi connectivity index (χ1) is 17.0. The number of nitrogens with one attached hydrogen (secondary N) is 1. The molecule has 8 heteroatoms. The molecule has 180 valence electrons. The molecule has 7 nitrogen and oxygen atoms in total. The molecule has 5 rings (SSSR count). The SMILES string of the molecule is Cc1ccc(C(=O)N(CC(=O)Nc2nc(CC(=O)N3CCc4ccccc4C3)cs2)C2CC2)cc1. The van der Waals surface area contributed by atoms with Crippen LogP contribution < -0.4 is 5.32 Å². The summed E-state index contributed by atoms with van der Waals surface area (Å²) in [6.07, 6.45) is 2.89. The van der Waals surface area contributed by atoms with Gasteiger partial charge < -0.3 is 15.1 Å². The van der Waals surface area contributed by atoms with Crippen molar-refractivity contribution in [3.63, 3.8) is 0 Å². The van der Waals surface area contributed by atoms with Gasteiger partial charge in [-0.1, -0.05) is 42.0 Å². The maximum atomic E-state index is 13.0. The van der Waals surface area contributed by atoms with Crippen molar-refractivity contribution < 1.29 is 14.4 Å². The summed E-state index contributed by atoms with van der Waals surface area (Å²) in [5, 5.41) is 5.06. The highest BCUT2D eigenvalue weighted by Crippen LogP contribution is 2.28.